The van der Waals surface area contributed by atoms with Gasteiger partial charge in [-0.25, -0.2) is 0 Å². The van der Waals surface area contributed by atoms with Gasteiger partial charge >= 0.3 is 0 Å². The van der Waals surface area contributed by atoms with Crippen molar-refractivity contribution in [3.8, 4) is 0 Å². The van der Waals surface area contributed by atoms with Gasteiger partial charge in [0, 0.05) is 17.3 Å². The number of alkyl halides is 1. The van der Waals surface area contributed by atoms with Crippen LogP contribution in [0.3, 0.4) is 0 Å². The Hall–Kier alpha value is -0.500. The van der Waals surface area contributed by atoms with Crippen molar-refractivity contribution >= 4 is 17.4 Å². The third kappa shape index (κ3) is 1.61. The molecule has 2 spiro atoms. The highest BCUT2D eigenvalue weighted by Gasteiger charge is 2.87. The summed E-state index contributed by atoms with van der Waals surface area (Å²) in [5, 5.41) is 44.8. The zero-order valence-corrected chi connectivity index (χ0v) is 16.3. The molecule has 6 rings (SSSR count). The predicted molar refractivity (Wildman–Crippen MR) is 95.7 cm³/mol. The Morgan fingerprint density at radius 1 is 1.15 bits per heavy atom. The van der Waals surface area contributed by atoms with E-state index in [0.717, 1.165) is 0 Å². The lowest BCUT2D eigenvalue weighted by Gasteiger charge is -2.75. The van der Waals surface area contributed by atoms with Crippen LogP contribution in [0.25, 0.3) is 0 Å². The molecule has 27 heavy (non-hydrogen) atoms. The van der Waals surface area contributed by atoms with Gasteiger partial charge in [0.25, 0.3) is 0 Å². The highest BCUT2D eigenvalue weighted by Crippen LogP contribution is 2.76. The van der Waals surface area contributed by atoms with Gasteiger partial charge in [-0.1, -0.05) is 20.4 Å². The van der Waals surface area contributed by atoms with Crippen molar-refractivity contribution in [2.45, 2.75) is 62.6 Å². The fourth-order valence-electron chi connectivity index (χ4n) is 7.98. The second-order valence-corrected chi connectivity index (χ2v) is 10.6. The molecule has 2 aliphatic heterocycles. The zero-order chi connectivity index (χ0) is 19.7. The summed E-state index contributed by atoms with van der Waals surface area (Å²) < 4.78 is 5.79. The monoisotopic (exact) mass is 398 g/mol. The van der Waals surface area contributed by atoms with Gasteiger partial charge in [0.1, 0.15) is 11.5 Å². The Bertz CT molecular complexity index is 753. The Morgan fingerprint density at radius 3 is 2.48 bits per heavy atom. The number of ketones is 1. The number of carbonyl (C=O) groups excluding carboxylic acids is 1. The molecule has 2 heterocycles. The number of aliphatic hydroxyl groups is 4. The molecule has 2 saturated heterocycles. The summed E-state index contributed by atoms with van der Waals surface area (Å²) in [5.74, 6) is -4.14. The van der Waals surface area contributed by atoms with Crippen LogP contribution < -0.4 is 0 Å². The molecule has 6 aliphatic rings. The van der Waals surface area contributed by atoms with Crippen LogP contribution in [0.1, 0.15) is 33.1 Å². The van der Waals surface area contributed by atoms with Crippen LogP contribution in [-0.2, 0) is 9.53 Å². The van der Waals surface area contributed by atoms with Crippen molar-refractivity contribution in [2.75, 3.05) is 6.61 Å². The first kappa shape index (κ1) is 18.5. The Balaban J connectivity index is 1.82. The van der Waals surface area contributed by atoms with Crippen molar-refractivity contribution in [3.05, 3.63) is 12.2 Å². The molecule has 0 radical (unpaired) electrons. The summed E-state index contributed by atoms with van der Waals surface area (Å²) in [5.41, 5.74) is -2.91. The van der Waals surface area contributed by atoms with Crippen LogP contribution in [0, 0.1) is 34.0 Å². The molecule has 6 nitrogen and oxygen atoms in total. The van der Waals surface area contributed by atoms with E-state index in [4.69, 9.17) is 16.3 Å². The fourth-order valence-corrected chi connectivity index (χ4v) is 8.62. The van der Waals surface area contributed by atoms with Crippen LogP contribution in [0.2, 0.25) is 0 Å². The molecule has 0 aromatic rings. The van der Waals surface area contributed by atoms with Crippen LogP contribution in [-0.4, -0.2) is 62.3 Å². The minimum Gasteiger partial charge on any atom is -0.391 e. The molecule has 10 atom stereocenters. The molecular formula is C20H27ClO6. The lowest BCUT2D eigenvalue weighted by Crippen LogP contribution is -2.86. The van der Waals surface area contributed by atoms with Gasteiger partial charge in [-0.05, 0) is 36.2 Å². The van der Waals surface area contributed by atoms with E-state index in [2.05, 4.69) is 6.58 Å². The van der Waals surface area contributed by atoms with E-state index in [1.807, 2.05) is 13.8 Å². The number of fused-ring (bicyclic) bond motifs is 2. The average molecular weight is 399 g/mol. The molecule has 0 unspecified atom stereocenters. The second-order valence-electron chi connectivity index (χ2n) is 10.1. The van der Waals surface area contributed by atoms with E-state index in [1.54, 1.807) is 0 Å². The molecule has 4 aliphatic carbocycles. The van der Waals surface area contributed by atoms with Crippen molar-refractivity contribution in [1.29, 1.82) is 0 Å². The molecular weight excluding hydrogens is 372 g/mol. The maximum absolute atomic E-state index is 13.4. The summed E-state index contributed by atoms with van der Waals surface area (Å²) >= 11 is 6.56. The fraction of sp³-hybridized carbons (Fsp3) is 0.850. The van der Waals surface area contributed by atoms with Gasteiger partial charge < -0.3 is 25.2 Å². The lowest BCUT2D eigenvalue weighted by atomic mass is 9.35. The third-order valence-electron chi connectivity index (χ3n) is 8.81. The molecule has 4 saturated carbocycles. The number of ether oxygens (including phenoxy) is 1. The van der Waals surface area contributed by atoms with Crippen molar-refractivity contribution in [3.63, 3.8) is 0 Å². The maximum atomic E-state index is 13.4. The Kier molecular flexibility index (Phi) is 3.41. The predicted octanol–water partition coefficient (Wildman–Crippen LogP) is 0.593. The summed E-state index contributed by atoms with van der Waals surface area (Å²) in [4.78, 5) is 13.4. The Labute approximate surface area is 163 Å². The number of hydrogen-bond acceptors (Lipinski definition) is 6. The van der Waals surface area contributed by atoms with Gasteiger partial charge in [-0.2, -0.15) is 0 Å². The van der Waals surface area contributed by atoms with Crippen LogP contribution in [0.15, 0.2) is 12.2 Å². The molecule has 150 valence electrons. The van der Waals surface area contributed by atoms with Gasteiger partial charge in [0.15, 0.2) is 5.78 Å². The van der Waals surface area contributed by atoms with E-state index in [-0.39, 0.29) is 12.2 Å². The molecule has 6 fully saturated rings. The minimum atomic E-state index is -2.20. The lowest BCUT2D eigenvalue weighted by molar-refractivity contribution is -0.458. The van der Waals surface area contributed by atoms with E-state index < -0.39 is 69.3 Å². The third-order valence-corrected chi connectivity index (χ3v) is 9.21. The first-order chi connectivity index (χ1) is 12.5. The second kappa shape index (κ2) is 4.97. The number of rotatable bonds is 0. The number of Topliss-reactive ketones (excluding diaryl/α,β-unsaturated/α-hetero) is 1. The van der Waals surface area contributed by atoms with Gasteiger partial charge in [-0.3, -0.25) is 4.79 Å². The first-order valence-corrected chi connectivity index (χ1v) is 10.2. The topological polar surface area (TPSA) is 107 Å². The van der Waals surface area contributed by atoms with E-state index in [0.29, 0.717) is 19.3 Å². The average Bonchev–Trinajstić information content (AvgIpc) is 2.70. The maximum Gasteiger partial charge on any atom is 0.208 e. The van der Waals surface area contributed by atoms with Crippen molar-refractivity contribution in [1.82, 2.24) is 0 Å². The summed E-state index contributed by atoms with van der Waals surface area (Å²) in [6, 6.07) is 0. The van der Waals surface area contributed by atoms with Crippen LogP contribution >= 0.6 is 11.6 Å². The Morgan fingerprint density at radius 2 is 1.81 bits per heavy atom. The minimum absolute atomic E-state index is 0.00258. The summed E-state index contributed by atoms with van der Waals surface area (Å²) in [6.45, 7) is 7.81. The molecule has 0 aromatic heterocycles. The highest BCUT2D eigenvalue weighted by molar-refractivity contribution is 6.21. The van der Waals surface area contributed by atoms with Gasteiger partial charge in [0.05, 0.1) is 24.2 Å². The quantitative estimate of drug-likeness (QED) is 0.351. The van der Waals surface area contributed by atoms with Gasteiger partial charge in [0.2, 0.25) is 5.79 Å². The first-order valence-electron chi connectivity index (χ1n) is 9.76. The molecule has 0 aromatic carbocycles. The van der Waals surface area contributed by atoms with Crippen LogP contribution in [0.4, 0.5) is 0 Å². The number of carbonyl (C=O) groups is 1. The van der Waals surface area contributed by atoms with E-state index in [1.165, 1.54) is 0 Å². The molecule has 4 bridgehead atoms. The van der Waals surface area contributed by atoms with Gasteiger partial charge in [-0.15, -0.1) is 11.6 Å². The SMILES string of the molecule is C=C1C(=O)[C@]23[C@H](O)[C@H]1CC[C@H]2[C@@]12CO[C@@]3(O)[C@@H](O)[C@@H]1C(C)(C)C[C@H](Cl)[C@H]2O. The molecule has 0 amide bonds. The van der Waals surface area contributed by atoms with Crippen molar-refractivity contribution < 1.29 is 30.0 Å². The number of aliphatic hydroxyl groups excluding tert-OH is 3. The normalized spacial score (nSPS) is 60.9. The summed E-state index contributed by atoms with van der Waals surface area (Å²) in [6.07, 6.45) is -2.05. The standard InChI is InChI=1S/C20H27ClO6/c1-8-9-4-5-11-18-7-27-20(26,19(11,13(8)22)14(9)23)16(25)12(18)17(2,3)6-10(21)15(18)24/h9-12,14-16,23-26H,1,4-7H2,2-3H3/t9-,10-,11-,12+,14+,15+,16-,18-,19-,20-/m0/s1. The molecule has 4 N–H and O–H groups in total. The largest absolute Gasteiger partial charge is 0.391 e. The van der Waals surface area contributed by atoms with E-state index in [9.17, 15) is 25.2 Å². The smallest absolute Gasteiger partial charge is 0.208 e. The van der Waals surface area contributed by atoms with Crippen molar-refractivity contribution in [2.24, 2.45) is 34.0 Å². The zero-order valence-electron chi connectivity index (χ0n) is 15.6. The number of hydrogen-bond donors (Lipinski definition) is 4. The highest BCUT2D eigenvalue weighted by atomic mass is 35.5. The van der Waals surface area contributed by atoms with E-state index >= 15 is 0 Å². The van der Waals surface area contributed by atoms with Crippen LogP contribution in [0.5, 0.6) is 0 Å². The number of halogens is 1. The summed E-state index contributed by atoms with van der Waals surface area (Å²) in [7, 11) is 0. The molecule has 7 heteroatoms.